The van der Waals surface area contributed by atoms with E-state index >= 15 is 0 Å². The van der Waals surface area contributed by atoms with Gasteiger partial charge in [0.1, 0.15) is 5.25 Å². The quantitative estimate of drug-likeness (QED) is 0.277. The Kier molecular flexibility index (Phi) is 6.45. The van der Waals surface area contributed by atoms with Crippen molar-refractivity contribution in [1.82, 2.24) is 9.62 Å². The summed E-state index contributed by atoms with van der Waals surface area (Å²) in [6, 6.07) is 18.4. The van der Waals surface area contributed by atoms with Crippen molar-refractivity contribution < 1.29 is 22.9 Å². The fraction of sp³-hybridized carbons (Fsp3) is 0.185. The Morgan fingerprint density at radius 3 is 2.47 bits per heavy atom. The van der Waals surface area contributed by atoms with Gasteiger partial charge in [0.05, 0.1) is 17.5 Å². The molecule has 0 aliphatic carbocycles. The number of hydrogen-bond acceptors (Lipinski definition) is 6. The minimum atomic E-state index is -4.13. The number of benzene rings is 3. The van der Waals surface area contributed by atoms with Crippen molar-refractivity contribution in [3.8, 4) is 0 Å². The summed E-state index contributed by atoms with van der Waals surface area (Å²) in [7, 11) is -4.13. The van der Waals surface area contributed by atoms with Crippen LogP contribution in [0.5, 0.6) is 0 Å². The molecule has 11 heteroatoms. The molecule has 3 aromatic carbocycles. The van der Waals surface area contributed by atoms with Crippen LogP contribution in [0.1, 0.15) is 38.3 Å². The number of nitro groups is 1. The number of fused-ring (bicyclic) bond motifs is 1. The van der Waals surface area contributed by atoms with Crippen LogP contribution in [0.3, 0.4) is 0 Å². The number of nitro benzene ring substituents is 1. The van der Waals surface area contributed by atoms with Gasteiger partial charge in [-0.05, 0) is 41.3 Å². The minimum absolute atomic E-state index is 0.0298. The first-order chi connectivity index (χ1) is 18.2. The molecule has 2 unspecified atom stereocenters. The summed E-state index contributed by atoms with van der Waals surface area (Å²) in [6.07, 6.45) is 1.81. The molecule has 0 saturated carbocycles. The molecule has 2 aliphatic heterocycles. The standard InChI is InChI=1S/C27H24N4O6S/c1-2-25(38(36,37)30-17-23(28-27(30)33)18-6-4-3-5-7-18)21-10-13-24-20(16-21)14-15-29(24)26(32)19-8-11-22(12-9-19)31(34)35/h2-13,16,23,25H,1,14-15,17H2,(H,28,33). The van der Waals surface area contributed by atoms with E-state index in [-0.39, 0.29) is 18.1 Å². The fourth-order valence-corrected chi connectivity index (χ4v) is 6.52. The number of rotatable bonds is 7. The van der Waals surface area contributed by atoms with Gasteiger partial charge in [-0.25, -0.2) is 17.5 Å². The average molecular weight is 533 g/mol. The van der Waals surface area contributed by atoms with Gasteiger partial charge >= 0.3 is 6.03 Å². The van der Waals surface area contributed by atoms with E-state index in [0.717, 1.165) is 15.4 Å². The summed E-state index contributed by atoms with van der Waals surface area (Å²) in [4.78, 5) is 37.7. The largest absolute Gasteiger partial charge is 0.331 e. The molecular weight excluding hydrogens is 508 g/mol. The van der Waals surface area contributed by atoms with Crippen molar-refractivity contribution in [3.63, 3.8) is 0 Å². The Bertz CT molecular complexity index is 1540. The number of anilines is 1. The maximum Gasteiger partial charge on any atom is 0.331 e. The van der Waals surface area contributed by atoms with E-state index in [0.29, 0.717) is 29.8 Å². The van der Waals surface area contributed by atoms with Crippen molar-refractivity contribution in [3.05, 3.63) is 118 Å². The Balaban J connectivity index is 1.38. The van der Waals surface area contributed by atoms with Crippen molar-refractivity contribution in [2.24, 2.45) is 0 Å². The highest BCUT2D eigenvalue weighted by Gasteiger charge is 2.42. The van der Waals surface area contributed by atoms with E-state index in [9.17, 15) is 28.1 Å². The normalized spacial score (nSPS) is 17.6. The van der Waals surface area contributed by atoms with Crippen LogP contribution in [0, 0.1) is 10.1 Å². The van der Waals surface area contributed by atoms with Crippen LogP contribution in [0.15, 0.2) is 85.5 Å². The third-order valence-corrected chi connectivity index (χ3v) is 8.85. The number of carbonyl (C=O) groups is 2. The number of amides is 3. The second-order valence-electron chi connectivity index (χ2n) is 9.04. The summed E-state index contributed by atoms with van der Waals surface area (Å²) in [5.74, 6) is -0.306. The molecular formula is C27H24N4O6S. The van der Waals surface area contributed by atoms with E-state index < -0.39 is 32.3 Å². The first-order valence-electron chi connectivity index (χ1n) is 11.9. The Morgan fingerprint density at radius 1 is 1.11 bits per heavy atom. The van der Waals surface area contributed by atoms with Crippen LogP contribution in [0.4, 0.5) is 16.2 Å². The van der Waals surface area contributed by atoms with E-state index in [1.807, 2.05) is 30.3 Å². The monoisotopic (exact) mass is 532 g/mol. The number of non-ortho nitro benzene ring substituents is 1. The van der Waals surface area contributed by atoms with Crippen molar-refractivity contribution in [1.29, 1.82) is 0 Å². The van der Waals surface area contributed by atoms with Crippen molar-refractivity contribution in [2.45, 2.75) is 17.7 Å². The lowest BCUT2D eigenvalue weighted by atomic mass is 10.1. The first kappa shape index (κ1) is 25.2. The maximum absolute atomic E-state index is 13.6. The average Bonchev–Trinajstić information content (AvgIpc) is 3.53. The molecule has 2 aliphatic rings. The highest BCUT2D eigenvalue weighted by atomic mass is 32.2. The number of nitrogens with zero attached hydrogens (tertiary/aromatic N) is 3. The zero-order valence-corrected chi connectivity index (χ0v) is 21.0. The third kappa shape index (κ3) is 4.41. The second-order valence-corrected chi connectivity index (χ2v) is 11.0. The zero-order chi connectivity index (χ0) is 27.0. The van der Waals surface area contributed by atoms with Gasteiger partial charge in [-0.1, -0.05) is 48.5 Å². The van der Waals surface area contributed by atoms with Gasteiger partial charge in [0, 0.05) is 29.9 Å². The zero-order valence-electron chi connectivity index (χ0n) is 20.2. The van der Waals surface area contributed by atoms with E-state index in [4.69, 9.17) is 0 Å². The van der Waals surface area contributed by atoms with Crippen LogP contribution in [0.25, 0.3) is 0 Å². The van der Waals surface area contributed by atoms with Crippen LogP contribution in [-0.4, -0.2) is 42.7 Å². The molecule has 194 valence electrons. The minimum Gasteiger partial charge on any atom is -0.328 e. The number of sulfonamides is 1. The smallest absolute Gasteiger partial charge is 0.328 e. The predicted molar refractivity (Wildman–Crippen MR) is 141 cm³/mol. The van der Waals surface area contributed by atoms with Crippen LogP contribution in [-0.2, 0) is 16.4 Å². The fourth-order valence-electron chi connectivity index (χ4n) is 4.87. The molecule has 1 N–H and O–H groups in total. The highest BCUT2D eigenvalue weighted by molar-refractivity contribution is 7.90. The summed E-state index contributed by atoms with van der Waals surface area (Å²) in [6.45, 7) is 4.08. The SMILES string of the molecule is C=CC(c1ccc2c(c1)CCN2C(=O)c1ccc([N+](=O)[O-])cc1)S(=O)(=O)N1CC(c2ccccc2)NC1=O. The molecule has 3 amide bonds. The summed E-state index contributed by atoms with van der Waals surface area (Å²) in [5, 5.41) is 12.5. The van der Waals surface area contributed by atoms with Gasteiger partial charge in [0.2, 0.25) is 10.0 Å². The maximum atomic E-state index is 13.6. The molecule has 0 bridgehead atoms. The molecule has 2 heterocycles. The van der Waals surface area contributed by atoms with Gasteiger partial charge in [-0.3, -0.25) is 14.9 Å². The molecule has 2 atom stereocenters. The van der Waals surface area contributed by atoms with Gasteiger partial charge in [-0.2, -0.15) is 0 Å². The van der Waals surface area contributed by atoms with Gasteiger partial charge in [0.25, 0.3) is 11.6 Å². The van der Waals surface area contributed by atoms with E-state index in [1.165, 1.54) is 30.3 Å². The van der Waals surface area contributed by atoms with Crippen LogP contribution >= 0.6 is 0 Å². The first-order valence-corrected chi connectivity index (χ1v) is 13.4. The summed E-state index contributed by atoms with van der Waals surface area (Å²) >= 11 is 0. The lowest BCUT2D eigenvalue weighted by Gasteiger charge is -2.22. The lowest BCUT2D eigenvalue weighted by Crippen LogP contribution is -2.37. The Labute approximate surface area is 219 Å². The Morgan fingerprint density at radius 2 is 1.82 bits per heavy atom. The third-order valence-electron chi connectivity index (χ3n) is 6.81. The molecule has 0 radical (unpaired) electrons. The van der Waals surface area contributed by atoms with Gasteiger partial charge in [-0.15, -0.1) is 6.58 Å². The lowest BCUT2D eigenvalue weighted by molar-refractivity contribution is -0.384. The predicted octanol–water partition coefficient (Wildman–Crippen LogP) is 4.12. The number of nitrogens with one attached hydrogen (secondary N) is 1. The van der Waals surface area contributed by atoms with E-state index in [1.54, 1.807) is 23.1 Å². The van der Waals surface area contributed by atoms with E-state index in [2.05, 4.69) is 11.9 Å². The topological polar surface area (TPSA) is 130 Å². The van der Waals surface area contributed by atoms with Crippen molar-refractivity contribution >= 4 is 33.3 Å². The number of hydrogen-bond donors (Lipinski definition) is 1. The van der Waals surface area contributed by atoms with Crippen molar-refractivity contribution in [2.75, 3.05) is 18.0 Å². The highest BCUT2D eigenvalue weighted by Crippen LogP contribution is 2.36. The number of carbonyl (C=O) groups excluding carboxylic acids is 2. The molecule has 38 heavy (non-hydrogen) atoms. The molecule has 0 aromatic heterocycles. The van der Waals surface area contributed by atoms with Crippen LogP contribution < -0.4 is 10.2 Å². The van der Waals surface area contributed by atoms with Gasteiger partial charge in [0.15, 0.2) is 0 Å². The molecule has 1 fully saturated rings. The van der Waals surface area contributed by atoms with Crippen LogP contribution in [0.2, 0.25) is 0 Å². The second kappa shape index (κ2) is 9.75. The number of urea groups is 1. The Hall–Kier alpha value is -4.51. The molecule has 0 spiro atoms. The summed E-state index contributed by atoms with van der Waals surface area (Å²) < 4.78 is 28.0. The molecule has 10 nitrogen and oxygen atoms in total. The molecule has 5 rings (SSSR count). The summed E-state index contributed by atoms with van der Waals surface area (Å²) in [5.41, 5.74) is 2.88. The molecule has 3 aromatic rings. The molecule has 1 saturated heterocycles. The van der Waals surface area contributed by atoms with Gasteiger partial charge < -0.3 is 10.2 Å².